The van der Waals surface area contributed by atoms with E-state index in [-0.39, 0.29) is 0 Å². The van der Waals surface area contributed by atoms with Gasteiger partial charge in [0.15, 0.2) is 0 Å². The fourth-order valence-corrected chi connectivity index (χ4v) is 3.04. The number of hydrogen-bond acceptors (Lipinski definition) is 5. The molecule has 3 rings (SSSR count). The van der Waals surface area contributed by atoms with Gasteiger partial charge in [-0.1, -0.05) is 0 Å². The van der Waals surface area contributed by atoms with Gasteiger partial charge in [0.25, 0.3) is 0 Å². The van der Waals surface area contributed by atoms with Crippen LogP contribution in [0.15, 0.2) is 23.6 Å². The summed E-state index contributed by atoms with van der Waals surface area (Å²) in [6, 6.07) is 6.64. The third kappa shape index (κ3) is 2.37. The molecule has 0 amide bonds. The van der Waals surface area contributed by atoms with Crippen LogP contribution in [0.2, 0.25) is 0 Å². The first-order valence-corrected chi connectivity index (χ1v) is 7.06. The molecule has 0 aliphatic carbocycles. The maximum atomic E-state index is 4.30. The van der Waals surface area contributed by atoms with E-state index in [1.165, 1.54) is 10.4 Å². The van der Waals surface area contributed by atoms with Gasteiger partial charge >= 0.3 is 0 Å². The van der Waals surface area contributed by atoms with Crippen LogP contribution in [-0.2, 0) is 0 Å². The fraction of sp³-hybridized carbons (Fsp3) is 0.385. The zero-order valence-corrected chi connectivity index (χ0v) is 11.1. The van der Waals surface area contributed by atoms with Crippen LogP contribution in [0, 0.1) is 6.92 Å². The Kier molecular flexibility index (Phi) is 3.25. The van der Waals surface area contributed by atoms with E-state index in [1.54, 1.807) is 11.3 Å². The number of nitrogens with one attached hydrogen (secondary N) is 2. The minimum Gasteiger partial charge on any atom is -0.365 e. The maximum absolute atomic E-state index is 4.30. The van der Waals surface area contributed by atoms with Gasteiger partial charge in [0.1, 0.15) is 11.5 Å². The number of aromatic nitrogens is 2. The van der Waals surface area contributed by atoms with Crippen molar-refractivity contribution in [2.45, 2.75) is 19.4 Å². The fourth-order valence-electron chi connectivity index (χ4n) is 2.15. The Morgan fingerprint density at radius 1 is 1.33 bits per heavy atom. The van der Waals surface area contributed by atoms with Crippen LogP contribution in [0.5, 0.6) is 0 Å². The highest BCUT2D eigenvalue weighted by atomic mass is 32.1. The van der Waals surface area contributed by atoms with Crippen molar-refractivity contribution in [1.82, 2.24) is 15.5 Å². The number of aryl methyl sites for hydroxylation is 1. The second-order valence-electron chi connectivity index (χ2n) is 4.57. The smallest absolute Gasteiger partial charge is 0.148 e. The van der Waals surface area contributed by atoms with Crippen LogP contribution >= 0.6 is 11.3 Å². The van der Waals surface area contributed by atoms with Crippen molar-refractivity contribution in [2.24, 2.45) is 0 Å². The summed E-state index contributed by atoms with van der Waals surface area (Å²) in [7, 11) is 0. The van der Waals surface area contributed by atoms with E-state index in [1.807, 2.05) is 12.1 Å². The van der Waals surface area contributed by atoms with E-state index in [2.05, 4.69) is 39.2 Å². The van der Waals surface area contributed by atoms with Gasteiger partial charge in [-0.05, 0) is 49.0 Å². The third-order valence-corrected chi connectivity index (χ3v) is 4.21. The molecule has 0 spiro atoms. The first-order chi connectivity index (χ1) is 8.83. The highest BCUT2D eigenvalue weighted by Gasteiger charge is 2.14. The van der Waals surface area contributed by atoms with E-state index < -0.39 is 0 Å². The molecule has 4 nitrogen and oxygen atoms in total. The predicted octanol–water partition coefficient (Wildman–Crippen LogP) is 2.29. The summed E-state index contributed by atoms with van der Waals surface area (Å²) in [6.45, 7) is 4.19. The number of rotatable bonds is 3. The molecular weight excluding hydrogens is 244 g/mol. The lowest BCUT2D eigenvalue weighted by molar-refractivity contribution is 0.783. The molecule has 1 aliphatic rings. The van der Waals surface area contributed by atoms with Gasteiger partial charge in [-0.25, -0.2) is 0 Å². The molecule has 0 bridgehead atoms. The molecule has 1 unspecified atom stereocenters. The number of nitrogens with zero attached hydrogens (tertiary/aromatic N) is 2. The Hall–Kier alpha value is -1.46. The van der Waals surface area contributed by atoms with Crippen LogP contribution in [0.1, 0.15) is 12.0 Å². The Balaban J connectivity index is 1.74. The van der Waals surface area contributed by atoms with E-state index in [0.717, 1.165) is 31.0 Å². The van der Waals surface area contributed by atoms with Gasteiger partial charge in [0, 0.05) is 12.6 Å². The molecule has 0 aromatic carbocycles. The van der Waals surface area contributed by atoms with Gasteiger partial charge < -0.3 is 10.6 Å². The summed E-state index contributed by atoms with van der Waals surface area (Å²) in [5.74, 6) is 0.863. The molecule has 2 N–H and O–H groups in total. The summed E-state index contributed by atoms with van der Waals surface area (Å²) < 4.78 is 0. The molecule has 5 heteroatoms. The van der Waals surface area contributed by atoms with E-state index in [4.69, 9.17) is 0 Å². The molecule has 94 valence electrons. The second kappa shape index (κ2) is 5.04. The zero-order chi connectivity index (χ0) is 12.4. The summed E-state index contributed by atoms with van der Waals surface area (Å²) in [5, 5.41) is 17.4. The zero-order valence-electron chi connectivity index (χ0n) is 10.3. The molecule has 1 atom stereocenters. The number of thiophene rings is 1. The van der Waals surface area contributed by atoms with E-state index in [9.17, 15) is 0 Å². The molecule has 0 radical (unpaired) electrons. The van der Waals surface area contributed by atoms with Crippen LogP contribution in [0.4, 0.5) is 5.82 Å². The summed E-state index contributed by atoms with van der Waals surface area (Å²) in [5.41, 5.74) is 2.22. The monoisotopic (exact) mass is 260 g/mol. The van der Waals surface area contributed by atoms with E-state index >= 15 is 0 Å². The normalized spacial score (nSPS) is 19.1. The lowest BCUT2D eigenvalue weighted by atomic mass is 10.2. The first kappa shape index (κ1) is 11.6. The predicted molar refractivity (Wildman–Crippen MR) is 75.0 cm³/mol. The highest BCUT2D eigenvalue weighted by molar-refractivity contribution is 7.13. The van der Waals surface area contributed by atoms with Crippen molar-refractivity contribution in [3.63, 3.8) is 0 Å². The number of hydrogen-bond donors (Lipinski definition) is 2. The van der Waals surface area contributed by atoms with Gasteiger partial charge in [-0.3, -0.25) is 0 Å². The summed E-state index contributed by atoms with van der Waals surface area (Å²) >= 11 is 1.71. The maximum Gasteiger partial charge on any atom is 0.148 e. The van der Waals surface area contributed by atoms with Gasteiger partial charge in [-0.15, -0.1) is 21.5 Å². The molecule has 2 aromatic heterocycles. The summed E-state index contributed by atoms with van der Waals surface area (Å²) in [6.07, 6.45) is 1.15. The molecular formula is C13H16N4S. The molecule has 3 heterocycles. The van der Waals surface area contributed by atoms with Crippen molar-refractivity contribution in [1.29, 1.82) is 0 Å². The Morgan fingerprint density at radius 2 is 2.28 bits per heavy atom. The average Bonchev–Trinajstić information content (AvgIpc) is 3.02. The lowest BCUT2D eigenvalue weighted by Gasteiger charge is -2.11. The van der Waals surface area contributed by atoms with Gasteiger partial charge in [-0.2, -0.15) is 0 Å². The minimum absolute atomic E-state index is 0.480. The van der Waals surface area contributed by atoms with E-state index in [0.29, 0.717) is 6.04 Å². The second-order valence-corrected chi connectivity index (χ2v) is 5.49. The van der Waals surface area contributed by atoms with Crippen LogP contribution < -0.4 is 10.6 Å². The Morgan fingerprint density at radius 3 is 2.89 bits per heavy atom. The standard InChI is InChI=1S/C13H16N4S/c1-9-5-7-18-13(9)11-2-3-12(17-16-11)15-10-4-6-14-8-10/h2-3,5,7,10,14H,4,6,8H2,1H3,(H,15,17). The quantitative estimate of drug-likeness (QED) is 0.889. The van der Waals surface area contributed by atoms with Gasteiger partial charge in [0.2, 0.25) is 0 Å². The van der Waals surface area contributed by atoms with Crippen molar-refractivity contribution in [2.75, 3.05) is 18.4 Å². The lowest BCUT2D eigenvalue weighted by Crippen LogP contribution is -2.22. The van der Waals surface area contributed by atoms with Crippen molar-refractivity contribution >= 4 is 17.2 Å². The molecule has 1 saturated heterocycles. The van der Waals surface area contributed by atoms with Crippen LogP contribution in [0.3, 0.4) is 0 Å². The highest BCUT2D eigenvalue weighted by Crippen LogP contribution is 2.27. The number of anilines is 1. The Labute approximate surface area is 110 Å². The van der Waals surface area contributed by atoms with Crippen molar-refractivity contribution in [3.8, 4) is 10.6 Å². The molecule has 18 heavy (non-hydrogen) atoms. The molecule has 2 aromatic rings. The molecule has 0 saturated carbocycles. The van der Waals surface area contributed by atoms with Crippen molar-refractivity contribution in [3.05, 3.63) is 29.1 Å². The molecule has 1 fully saturated rings. The third-order valence-electron chi connectivity index (χ3n) is 3.17. The van der Waals surface area contributed by atoms with Crippen molar-refractivity contribution < 1.29 is 0 Å². The SMILES string of the molecule is Cc1ccsc1-c1ccc(NC2CCNC2)nn1. The topological polar surface area (TPSA) is 49.8 Å². The van der Waals surface area contributed by atoms with Crippen LogP contribution in [0.25, 0.3) is 10.6 Å². The summed E-state index contributed by atoms with van der Waals surface area (Å²) in [4.78, 5) is 1.21. The van der Waals surface area contributed by atoms with Gasteiger partial charge in [0.05, 0.1) is 4.88 Å². The Bertz CT molecular complexity index is 514. The molecule has 1 aliphatic heterocycles. The average molecular weight is 260 g/mol. The largest absolute Gasteiger partial charge is 0.365 e. The van der Waals surface area contributed by atoms with Crippen LogP contribution in [-0.4, -0.2) is 29.3 Å². The first-order valence-electron chi connectivity index (χ1n) is 6.18. The minimum atomic E-state index is 0.480.